The molecule has 2 aliphatic heterocycles. The largest absolute Gasteiger partial charge is 0.506 e. The van der Waals surface area contributed by atoms with Gasteiger partial charge in [-0.1, -0.05) is 30.3 Å². The third kappa shape index (κ3) is 7.23. The molecule has 2 saturated heterocycles. The number of para-hydroxylation sites is 3. The number of carbonyl (C=O) groups is 2. The number of aliphatic hydroxyl groups excluding tert-OH is 1. The maximum atomic E-state index is 13.8. The smallest absolute Gasteiger partial charge is 0.268 e. The van der Waals surface area contributed by atoms with Crippen molar-refractivity contribution < 1.29 is 28.2 Å². The second-order valence-corrected chi connectivity index (χ2v) is 13.2. The molecule has 3 aromatic rings. The van der Waals surface area contributed by atoms with E-state index in [9.17, 15) is 28.2 Å². The van der Waals surface area contributed by atoms with Crippen LogP contribution in [0.5, 0.6) is 5.75 Å². The lowest BCUT2D eigenvalue weighted by molar-refractivity contribution is -0.135. The van der Waals surface area contributed by atoms with Crippen molar-refractivity contribution in [3.8, 4) is 5.75 Å². The topological polar surface area (TPSA) is 130 Å². The number of aliphatic hydroxyl groups is 1. The Morgan fingerprint density at radius 2 is 1.52 bits per heavy atom. The van der Waals surface area contributed by atoms with Gasteiger partial charge in [-0.2, -0.15) is 0 Å². The van der Waals surface area contributed by atoms with Gasteiger partial charge in [0.15, 0.2) is 0 Å². The summed E-state index contributed by atoms with van der Waals surface area (Å²) in [6.07, 6.45) is 5.49. The number of aromatic hydroxyl groups is 1. The summed E-state index contributed by atoms with van der Waals surface area (Å²) in [6, 6.07) is 18.8. The molecule has 5 rings (SSSR count). The van der Waals surface area contributed by atoms with Crippen molar-refractivity contribution in [2.45, 2.75) is 43.0 Å². The number of hydrogen-bond acceptors (Lipinski definition) is 7. The van der Waals surface area contributed by atoms with Gasteiger partial charge in [0.05, 0.1) is 22.9 Å². The number of benzene rings is 3. The number of anilines is 2. The monoisotopic (exact) mass is 620 g/mol. The van der Waals surface area contributed by atoms with E-state index in [1.165, 1.54) is 62.3 Å². The summed E-state index contributed by atoms with van der Waals surface area (Å²) in [5.41, 5.74) is 0.556. The predicted molar refractivity (Wildman–Crippen MR) is 168 cm³/mol. The number of nitrogens with one attached hydrogen (secondary N) is 1. The molecule has 1 unspecified atom stereocenters. The fraction of sp³-hybridized carbons (Fsp3) is 0.394. The minimum Gasteiger partial charge on any atom is -0.506 e. The van der Waals surface area contributed by atoms with Crippen molar-refractivity contribution in [2.75, 3.05) is 43.6 Å². The van der Waals surface area contributed by atoms with Gasteiger partial charge in [-0.3, -0.25) is 9.59 Å². The van der Waals surface area contributed by atoms with Gasteiger partial charge < -0.3 is 25.3 Å². The quantitative estimate of drug-likeness (QED) is 0.298. The Balaban J connectivity index is 1.23. The zero-order valence-corrected chi connectivity index (χ0v) is 25.5. The molecule has 11 heteroatoms. The van der Waals surface area contributed by atoms with Gasteiger partial charge in [0.2, 0.25) is 5.91 Å². The second-order valence-electron chi connectivity index (χ2n) is 11.4. The maximum Gasteiger partial charge on any atom is 0.268 e. The molecule has 2 fully saturated rings. The lowest BCUT2D eigenvalue weighted by Crippen LogP contribution is -2.52. The zero-order valence-electron chi connectivity index (χ0n) is 24.7. The molecule has 2 heterocycles. The minimum atomic E-state index is -4.20. The highest BCUT2D eigenvalue weighted by Gasteiger charge is 2.31. The van der Waals surface area contributed by atoms with Gasteiger partial charge in [0, 0.05) is 18.7 Å². The number of rotatable bonds is 11. The highest BCUT2D eigenvalue weighted by atomic mass is 32.2. The number of sulfonamides is 1. The lowest BCUT2D eigenvalue weighted by atomic mass is 9.93. The molecule has 44 heavy (non-hydrogen) atoms. The van der Waals surface area contributed by atoms with Crippen LogP contribution < -0.4 is 9.62 Å². The first-order valence-corrected chi connectivity index (χ1v) is 16.6. The number of amides is 2. The fourth-order valence-electron chi connectivity index (χ4n) is 5.95. The van der Waals surface area contributed by atoms with E-state index in [4.69, 9.17) is 0 Å². The van der Waals surface area contributed by atoms with Crippen LogP contribution in [-0.2, 0) is 14.8 Å². The predicted octanol–water partition coefficient (Wildman–Crippen LogP) is 3.73. The van der Waals surface area contributed by atoms with Crippen LogP contribution in [0.15, 0.2) is 83.8 Å². The summed E-state index contributed by atoms with van der Waals surface area (Å²) >= 11 is 0. The normalized spacial score (nSPS) is 16.9. The third-order valence-corrected chi connectivity index (χ3v) is 10.3. The van der Waals surface area contributed by atoms with Gasteiger partial charge >= 0.3 is 0 Å². The third-order valence-electron chi connectivity index (χ3n) is 8.51. The van der Waals surface area contributed by atoms with Crippen LogP contribution in [0.1, 0.15) is 42.5 Å². The van der Waals surface area contributed by atoms with Gasteiger partial charge in [-0.25, -0.2) is 12.7 Å². The first-order chi connectivity index (χ1) is 21.3. The van der Waals surface area contributed by atoms with E-state index in [0.29, 0.717) is 24.7 Å². The van der Waals surface area contributed by atoms with Crippen LogP contribution in [0.4, 0.5) is 11.4 Å². The van der Waals surface area contributed by atoms with Crippen LogP contribution in [0.3, 0.4) is 0 Å². The van der Waals surface area contributed by atoms with Crippen LogP contribution in [0, 0.1) is 5.92 Å². The highest BCUT2D eigenvalue weighted by Crippen LogP contribution is 2.37. The maximum absolute atomic E-state index is 13.8. The second kappa shape index (κ2) is 14.2. The first-order valence-electron chi connectivity index (χ1n) is 15.2. The van der Waals surface area contributed by atoms with Crippen molar-refractivity contribution in [2.24, 2.45) is 5.92 Å². The molecule has 0 saturated carbocycles. The number of phenols is 1. The van der Waals surface area contributed by atoms with E-state index in [0.717, 1.165) is 30.1 Å². The molecular weight excluding hydrogens is 580 g/mol. The molecule has 0 radical (unpaired) electrons. The fourth-order valence-corrected chi connectivity index (χ4v) is 7.45. The number of hydrogen-bond donors (Lipinski definition) is 3. The molecule has 234 valence electrons. The summed E-state index contributed by atoms with van der Waals surface area (Å²) < 4.78 is 28.7. The Labute approximate surface area is 259 Å². The minimum absolute atomic E-state index is 0.0837. The van der Waals surface area contributed by atoms with E-state index in [1.807, 2.05) is 0 Å². The van der Waals surface area contributed by atoms with E-state index in [-0.39, 0.29) is 27.8 Å². The molecule has 0 spiro atoms. The van der Waals surface area contributed by atoms with Gasteiger partial charge in [0.1, 0.15) is 11.8 Å². The lowest BCUT2D eigenvalue weighted by Gasteiger charge is -2.34. The molecule has 2 amide bonds. The standard InChI is InChI=1S/C33H40N4O6S/c38-24-29(33(41)36-22-17-25(18-23-36)16-21-35-19-6-7-20-35)34-32(40)26-12-14-28(15-13-26)44(42,43)37(27-8-2-1-3-9-27)30-10-4-5-11-31(30)39/h1-5,8-15,25,29,38-39H,6-7,16-24H2,(H,34,40). The van der Waals surface area contributed by atoms with E-state index < -0.39 is 28.6 Å². The number of carbonyl (C=O) groups excluding carboxylic acids is 2. The number of likely N-dealkylation sites (tertiary alicyclic amines) is 2. The van der Waals surface area contributed by atoms with Crippen molar-refractivity contribution in [1.82, 2.24) is 15.1 Å². The molecule has 10 nitrogen and oxygen atoms in total. The Hall–Kier alpha value is -3.93. The van der Waals surface area contributed by atoms with Crippen LogP contribution in [0.2, 0.25) is 0 Å². The van der Waals surface area contributed by atoms with Gasteiger partial charge in [0.25, 0.3) is 15.9 Å². The Bertz CT molecular complexity index is 1520. The first kappa shape index (κ1) is 31.5. The molecule has 2 aliphatic rings. The molecule has 0 aliphatic carbocycles. The molecule has 1 atom stereocenters. The van der Waals surface area contributed by atoms with Crippen LogP contribution >= 0.6 is 0 Å². The Morgan fingerprint density at radius 3 is 2.16 bits per heavy atom. The number of piperidine rings is 1. The summed E-state index contributed by atoms with van der Waals surface area (Å²) in [7, 11) is -4.20. The van der Waals surface area contributed by atoms with Crippen molar-refractivity contribution in [3.63, 3.8) is 0 Å². The van der Waals surface area contributed by atoms with E-state index >= 15 is 0 Å². The number of phenolic OH excluding ortho intramolecular Hbond substituents is 1. The average molecular weight is 621 g/mol. The highest BCUT2D eigenvalue weighted by molar-refractivity contribution is 7.93. The van der Waals surface area contributed by atoms with E-state index in [2.05, 4.69) is 10.2 Å². The van der Waals surface area contributed by atoms with Crippen molar-refractivity contribution in [1.29, 1.82) is 0 Å². The summed E-state index contributed by atoms with van der Waals surface area (Å²) in [5, 5.41) is 23.1. The summed E-state index contributed by atoms with van der Waals surface area (Å²) in [6.45, 7) is 4.11. The molecule has 3 N–H and O–H groups in total. The summed E-state index contributed by atoms with van der Waals surface area (Å²) in [4.78, 5) is 30.3. The molecule has 0 aromatic heterocycles. The number of nitrogens with zero attached hydrogens (tertiary/aromatic N) is 3. The van der Waals surface area contributed by atoms with Crippen LogP contribution in [-0.4, -0.2) is 85.6 Å². The Kier molecular flexibility index (Phi) is 10.2. The van der Waals surface area contributed by atoms with E-state index in [1.54, 1.807) is 47.4 Å². The summed E-state index contributed by atoms with van der Waals surface area (Å²) in [5.74, 6) is -0.552. The Morgan fingerprint density at radius 1 is 0.886 bits per heavy atom. The molecule has 3 aromatic carbocycles. The SMILES string of the molecule is O=C(NC(CO)C(=O)N1CCC(CCN2CCCC2)CC1)c1ccc(S(=O)(=O)N(c2ccccc2)c2ccccc2O)cc1. The van der Waals surface area contributed by atoms with Crippen molar-refractivity contribution >= 4 is 33.2 Å². The van der Waals surface area contributed by atoms with Gasteiger partial charge in [-0.05, 0) is 106 Å². The molecule has 0 bridgehead atoms. The van der Waals surface area contributed by atoms with Crippen molar-refractivity contribution in [3.05, 3.63) is 84.4 Å². The van der Waals surface area contributed by atoms with Crippen LogP contribution in [0.25, 0.3) is 0 Å². The molecular formula is C33H40N4O6S. The zero-order chi connectivity index (χ0) is 31.1. The van der Waals surface area contributed by atoms with Gasteiger partial charge in [-0.15, -0.1) is 0 Å². The average Bonchev–Trinajstić information content (AvgIpc) is 3.58.